The number of thiophene rings is 1. The number of anilines is 1. The summed E-state index contributed by atoms with van der Waals surface area (Å²) in [6, 6.07) is 13.9. The number of benzene rings is 2. The van der Waals surface area contributed by atoms with Gasteiger partial charge in [-0.15, -0.1) is 21.5 Å². The Hall–Kier alpha value is -3.85. The number of aliphatic imine (C=N–C) groups is 1. The topological polar surface area (TPSA) is 92.4 Å². The van der Waals surface area contributed by atoms with E-state index in [0.29, 0.717) is 24.6 Å². The highest BCUT2D eigenvalue weighted by Gasteiger charge is 2.37. The second-order valence-corrected chi connectivity index (χ2v) is 10.8. The van der Waals surface area contributed by atoms with Gasteiger partial charge in [0.15, 0.2) is 5.82 Å². The minimum atomic E-state index is -0.897. The number of hydrogen-bond donors (Lipinski definition) is 2. The van der Waals surface area contributed by atoms with Crippen LogP contribution in [-0.4, -0.2) is 38.1 Å². The van der Waals surface area contributed by atoms with Crippen LogP contribution in [-0.2, 0) is 11.2 Å². The Bertz CT molecular complexity index is 1510. The molecular formula is C29H30FN5O2S. The summed E-state index contributed by atoms with van der Waals surface area (Å²) >= 11 is 1.65. The predicted molar refractivity (Wildman–Crippen MR) is 148 cm³/mol. The van der Waals surface area contributed by atoms with Gasteiger partial charge < -0.3 is 10.4 Å². The number of carboxylic acids is 1. The molecule has 0 spiro atoms. The fourth-order valence-corrected chi connectivity index (χ4v) is 6.11. The van der Waals surface area contributed by atoms with Gasteiger partial charge >= 0.3 is 5.97 Å². The monoisotopic (exact) mass is 531 g/mol. The molecule has 0 saturated carbocycles. The maximum absolute atomic E-state index is 13.2. The molecule has 0 bridgehead atoms. The van der Waals surface area contributed by atoms with Crippen molar-refractivity contribution in [2.45, 2.75) is 46.6 Å². The normalized spacial score (nSPS) is 15.3. The molecule has 9 heteroatoms. The number of nitrogens with zero attached hydrogens (tertiary/aromatic N) is 4. The molecule has 1 unspecified atom stereocenters. The summed E-state index contributed by atoms with van der Waals surface area (Å²) in [7, 11) is 0. The van der Waals surface area contributed by atoms with Crippen molar-refractivity contribution < 1.29 is 14.3 Å². The molecule has 1 aliphatic rings. The fourth-order valence-electron chi connectivity index (χ4n) is 4.90. The van der Waals surface area contributed by atoms with E-state index >= 15 is 0 Å². The van der Waals surface area contributed by atoms with Gasteiger partial charge in [0.2, 0.25) is 0 Å². The van der Waals surface area contributed by atoms with Crippen LogP contribution in [0.5, 0.6) is 0 Å². The third-order valence-corrected chi connectivity index (χ3v) is 8.33. The molecule has 7 nitrogen and oxygen atoms in total. The molecule has 0 amide bonds. The molecule has 2 atom stereocenters. The Balaban J connectivity index is 1.51. The molecule has 0 radical (unpaired) electrons. The van der Waals surface area contributed by atoms with Crippen molar-refractivity contribution in [1.82, 2.24) is 14.8 Å². The number of hydrogen-bond acceptors (Lipinski definition) is 6. The van der Waals surface area contributed by atoms with Crippen LogP contribution in [0.1, 0.15) is 58.2 Å². The molecule has 38 heavy (non-hydrogen) atoms. The van der Waals surface area contributed by atoms with Crippen LogP contribution in [0.25, 0.3) is 5.00 Å². The average molecular weight is 532 g/mol. The largest absolute Gasteiger partial charge is 0.481 e. The molecule has 0 saturated heterocycles. The maximum Gasteiger partial charge on any atom is 0.309 e. The Kier molecular flexibility index (Phi) is 7.12. The van der Waals surface area contributed by atoms with Gasteiger partial charge in [-0.2, -0.15) is 0 Å². The van der Waals surface area contributed by atoms with Crippen LogP contribution in [0.2, 0.25) is 0 Å². The van der Waals surface area contributed by atoms with E-state index < -0.39 is 17.9 Å². The molecule has 2 aromatic carbocycles. The van der Waals surface area contributed by atoms with Gasteiger partial charge in [0, 0.05) is 28.2 Å². The second kappa shape index (κ2) is 10.5. The summed E-state index contributed by atoms with van der Waals surface area (Å²) in [6.45, 7) is 8.64. The minimum Gasteiger partial charge on any atom is -0.481 e. The first-order chi connectivity index (χ1) is 18.3. The first kappa shape index (κ1) is 25.8. The van der Waals surface area contributed by atoms with Gasteiger partial charge in [-0.1, -0.05) is 31.2 Å². The van der Waals surface area contributed by atoms with Gasteiger partial charge in [0.05, 0.1) is 11.6 Å². The lowest BCUT2D eigenvalue weighted by atomic mass is 9.95. The Morgan fingerprint density at radius 3 is 2.47 bits per heavy atom. The zero-order valence-electron chi connectivity index (χ0n) is 21.8. The van der Waals surface area contributed by atoms with Gasteiger partial charge in [-0.3, -0.25) is 14.4 Å². The van der Waals surface area contributed by atoms with Crippen LogP contribution in [0.15, 0.2) is 53.5 Å². The van der Waals surface area contributed by atoms with Crippen LogP contribution in [0.3, 0.4) is 0 Å². The average Bonchev–Trinajstić information content (AvgIpc) is 3.37. The van der Waals surface area contributed by atoms with E-state index in [9.17, 15) is 14.3 Å². The Morgan fingerprint density at radius 2 is 1.82 bits per heavy atom. The standard InChI is InChI=1S/C29H30FN5O2S/c1-5-23(29(36)37)26-27-34-33-18(4)35(27)28-24(16(2)17(3)38-28)25(32-26)20-8-12-22(13-9-20)31-15-14-19-6-10-21(30)11-7-19/h6-13,23,26,31H,5,14-15H2,1-4H3,(H,36,37)/t23-,26?/m0/s1. The van der Waals surface area contributed by atoms with Crippen molar-refractivity contribution in [1.29, 1.82) is 0 Å². The maximum atomic E-state index is 13.2. The number of carbonyl (C=O) groups is 1. The molecule has 5 rings (SSSR count). The molecule has 2 N–H and O–H groups in total. The highest BCUT2D eigenvalue weighted by molar-refractivity contribution is 7.15. The number of aryl methyl sites for hydroxylation is 2. The van der Waals surface area contributed by atoms with Crippen molar-refractivity contribution in [3.8, 4) is 5.00 Å². The SMILES string of the molecule is CC[C@H](C(=O)O)C1N=C(c2ccc(NCCc3ccc(F)cc3)cc2)c2c(sc(C)c2C)-n2c(C)nnc21. The number of aliphatic carboxylic acids is 1. The van der Waals surface area contributed by atoms with Crippen LogP contribution in [0.4, 0.5) is 10.1 Å². The van der Waals surface area contributed by atoms with Gasteiger partial charge in [0.1, 0.15) is 22.7 Å². The van der Waals surface area contributed by atoms with Crippen LogP contribution in [0, 0.1) is 32.5 Å². The molecule has 196 valence electrons. The van der Waals surface area contributed by atoms with Crippen molar-refractivity contribution >= 4 is 28.7 Å². The number of aromatic nitrogens is 3. The van der Waals surface area contributed by atoms with Crippen molar-refractivity contribution in [2.75, 3.05) is 11.9 Å². The number of carboxylic acid groups (broad SMARTS) is 1. The Labute approximate surface area is 225 Å². The second-order valence-electron chi connectivity index (χ2n) is 9.56. The fraction of sp³-hybridized carbons (Fsp3) is 0.310. The Morgan fingerprint density at radius 1 is 1.11 bits per heavy atom. The van der Waals surface area contributed by atoms with Gasteiger partial charge in [-0.05, 0) is 69.0 Å². The van der Waals surface area contributed by atoms with E-state index in [1.165, 1.54) is 17.0 Å². The molecule has 4 aromatic rings. The zero-order chi connectivity index (χ0) is 27.0. The summed E-state index contributed by atoms with van der Waals surface area (Å²) in [6.07, 6.45) is 1.20. The molecule has 2 aromatic heterocycles. The van der Waals surface area contributed by atoms with E-state index in [1.54, 1.807) is 23.5 Å². The molecular weight excluding hydrogens is 501 g/mol. The minimum absolute atomic E-state index is 0.233. The zero-order valence-corrected chi connectivity index (χ0v) is 22.6. The summed E-state index contributed by atoms with van der Waals surface area (Å²) in [5.41, 5.74) is 5.83. The number of nitrogens with one attached hydrogen (secondary N) is 1. The highest BCUT2D eigenvalue weighted by atomic mass is 32.1. The lowest BCUT2D eigenvalue weighted by molar-refractivity contribution is -0.142. The van der Waals surface area contributed by atoms with Gasteiger partial charge in [-0.25, -0.2) is 4.39 Å². The van der Waals surface area contributed by atoms with Crippen molar-refractivity contribution in [3.63, 3.8) is 0 Å². The summed E-state index contributed by atoms with van der Waals surface area (Å²) in [4.78, 5) is 18.5. The van der Waals surface area contributed by atoms with E-state index in [0.717, 1.165) is 45.1 Å². The predicted octanol–water partition coefficient (Wildman–Crippen LogP) is 6.05. The third kappa shape index (κ3) is 4.74. The van der Waals surface area contributed by atoms with E-state index in [-0.39, 0.29) is 5.82 Å². The molecule has 0 aliphatic carbocycles. The lowest BCUT2D eigenvalue weighted by Gasteiger charge is -2.19. The summed E-state index contributed by atoms with van der Waals surface area (Å²) in [5.74, 6) is -0.580. The van der Waals surface area contributed by atoms with Crippen LogP contribution < -0.4 is 5.32 Å². The number of fused-ring (bicyclic) bond motifs is 3. The highest BCUT2D eigenvalue weighted by Crippen LogP contribution is 2.41. The number of rotatable bonds is 8. The van der Waals surface area contributed by atoms with E-state index in [1.807, 2.05) is 42.7 Å². The molecule has 3 heterocycles. The quantitative estimate of drug-likeness (QED) is 0.289. The summed E-state index contributed by atoms with van der Waals surface area (Å²) in [5, 5.41) is 23.1. The smallest absolute Gasteiger partial charge is 0.309 e. The van der Waals surface area contributed by atoms with Gasteiger partial charge in [0.25, 0.3) is 0 Å². The van der Waals surface area contributed by atoms with Crippen LogP contribution >= 0.6 is 11.3 Å². The molecule has 1 aliphatic heterocycles. The first-order valence-electron chi connectivity index (χ1n) is 12.7. The van der Waals surface area contributed by atoms with E-state index in [2.05, 4.69) is 29.4 Å². The summed E-state index contributed by atoms with van der Waals surface area (Å²) < 4.78 is 15.1. The number of halogens is 1. The van der Waals surface area contributed by atoms with Crippen molar-refractivity contribution in [3.05, 3.63) is 93.1 Å². The third-order valence-electron chi connectivity index (χ3n) is 7.14. The van der Waals surface area contributed by atoms with E-state index in [4.69, 9.17) is 4.99 Å². The van der Waals surface area contributed by atoms with Crippen molar-refractivity contribution in [2.24, 2.45) is 10.9 Å². The molecule has 0 fully saturated rings. The first-order valence-corrected chi connectivity index (χ1v) is 13.5. The lowest BCUT2D eigenvalue weighted by Crippen LogP contribution is -2.23.